The first kappa shape index (κ1) is 14.4. The molecule has 0 spiro atoms. The summed E-state index contributed by atoms with van der Waals surface area (Å²) in [7, 11) is 0. The molecule has 0 aromatic heterocycles. The lowest BCUT2D eigenvalue weighted by atomic mass is 10.2. The van der Waals surface area contributed by atoms with Crippen molar-refractivity contribution in [1.29, 1.82) is 0 Å². The normalized spacial score (nSPS) is 10.1. The van der Waals surface area contributed by atoms with Crippen LogP contribution < -0.4 is 10.6 Å². The fraction of sp³-hybridized carbons (Fsp3) is 0.364. The number of nitro groups is 1. The third kappa shape index (κ3) is 4.31. The van der Waals surface area contributed by atoms with Gasteiger partial charge in [0.15, 0.2) is 0 Å². The van der Waals surface area contributed by atoms with Crippen LogP contribution in [0.2, 0.25) is 5.02 Å². The van der Waals surface area contributed by atoms with Gasteiger partial charge in [0.2, 0.25) is 5.91 Å². The van der Waals surface area contributed by atoms with E-state index in [4.69, 9.17) is 11.6 Å². The van der Waals surface area contributed by atoms with Crippen LogP contribution >= 0.6 is 11.6 Å². The quantitative estimate of drug-likeness (QED) is 0.472. The Bertz CT molecular complexity index is 451. The molecular formula is C11H14ClN3O3. The predicted octanol–water partition coefficient (Wildman–Crippen LogP) is 2.19. The van der Waals surface area contributed by atoms with Gasteiger partial charge >= 0.3 is 0 Å². The molecule has 1 aromatic carbocycles. The van der Waals surface area contributed by atoms with E-state index in [0.717, 1.165) is 6.54 Å². The van der Waals surface area contributed by atoms with Crippen LogP contribution in [0, 0.1) is 10.1 Å². The highest BCUT2D eigenvalue weighted by Gasteiger charge is 2.15. The number of carbonyl (C=O) groups is 1. The third-order valence-corrected chi connectivity index (χ3v) is 2.44. The molecule has 1 rings (SSSR count). The molecule has 1 aromatic rings. The lowest BCUT2D eigenvalue weighted by Crippen LogP contribution is -2.21. The molecule has 0 heterocycles. The molecule has 0 aliphatic rings. The Labute approximate surface area is 109 Å². The molecular weight excluding hydrogens is 258 g/mol. The smallest absolute Gasteiger partial charge is 0.292 e. The van der Waals surface area contributed by atoms with Gasteiger partial charge in [0, 0.05) is 24.1 Å². The fourth-order valence-electron chi connectivity index (χ4n) is 1.36. The second-order valence-corrected chi connectivity index (χ2v) is 4.01. The summed E-state index contributed by atoms with van der Waals surface area (Å²) in [4.78, 5) is 21.8. The van der Waals surface area contributed by atoms with Gasteiger partial charge in [-0.1, -0.05) is 18.5 Å². The topological polar surface area (TPSA) is 84.3 Å². The van der Waals surface area contributed by atoms with E-state index in [0.29, 0.717) is 11.6 Å². The fourth-order valence-corrected chi connectivity index (χ4v) is 1.53. The van der Waals surface area contributed by atoms with Crippen molar-refractivity contribution in [1.82, 2.24) is 5.32 Å². The molecule has 0 aliphatic heterocycles. The number of rotatable bonds is 6. The summed E-state index contributed by atoms with van der Waals surface area (Å²) < 4.78 is 0. The molecule has 0 radical (unpaired) electrons. The Hall–Kier alpha value is -1.66. The molecule has 0 aliphatic carbocycles. The van der Waals surface area contributed by atoms with Crippen LogP contribution in [0.3, 0.4) is 0 Å². The van der Waals surface area contributed by atoms with Gasteiger partial charge in [0.1, 0.15) is 5.69 Å². The van der Waals surface area contributed by atoms with Gasteiger partial charge in [-0.3, -0.25) is 14.9 Å². The number of carbonyl (C=O) groups excluding carboxylic acids is 1. The van der Waals surface area contributed by atoms with Crippen LogP contribution in [-0.2, 0) is 4.79 Å². The second kappa shape index (κ2) is 6.93. The second-order valence-electron chi connectivity index (χ2n) is 3.57. The number of hydrogen-bond donors (Lipinski definition) is 2. The zero-order valence-electron chi connectivity index (χ0n) is 9.90. The number of halogens is 1. The van der Waals surface area contributed by atoms with Crippen molar-refractivity contribution in [3.05, 3.63) is 33.3 Å². The number of benzene rings is 1. The van der Waals surface area contributed by atoms with Crippen LogP contribution in [0.4, 0.5) is 11.4 Å². The lowest BCUT2D eigenvalue weighted by Gasteiger charge is -2.06. The minimum Gasteiger partial charge on any atom is -0.320 e. The van der Waals surface area contributed by atoms with Crippen molar-refractivity contribution in [3.8, 4) is 0 Å². The number of hydrogen-bond acceptors (Lipinski definition) is 4. The van der Waals surface area contributed by atoms with Crippen molar-refractivity contribution in [2.24, 2.45) is 0 Å². The number of nitrogens with one attached hydrogen (secondary N) is 2. The van der Waals surface area contributed by atoms with Crippen LogP contribution in [0.1, 0.15) is 13.3 Å². The SMILES string of the molecule is CCNCCC(=O)Nc1cc(Cl)ccc1[N+](=O)[O-]. The number of anilines is 1. The molecule has 2 N–H and O–H groups in total. The summed E-state index contributed by atoms with van der Waals surface area (Å²) >= 11 is 5.75. The molecule has 0 saturated heterocycles. The zero-order chi connectivity index (χ0) is 13.5. The minimum absolute atomic E-state index is 0.119. The highest BCUT2D eigenvalue weighted by molar-refractivity contribution is 6.31. The van der Waals surface area contributed by atoms with Crippen molar-refractivity contribution < 1.29 is 9.72 Å². The first-order valence-corrected chi connectivity index (χ1v) is 5.87. The maximum atomic E-state index is 11.6. The highest BCUT2D eigenvalue weighted by atomic mass is 35.5. The minimum atomic E-state index is -0.559. The van der Waals surface area contributed by atoms with Gasteiger partial charge in [-0.15, -0.1) is 0 Å². The number of amides is 1. The Morgan fingerprint density at radius 1 is 1.50 bits per heavy atom. The number of nitrogens with zero attached hydrogens (tertiary/aromatic N) is 1. The van der Waals surface area contributed by atoms with Gasteiger partial charge < -0.3 is 10.6 Å². The maximum Gasteiger partial charge on any atom is 0.292 e. The predicted molar refractivity (Wildman–Crippen MR) is 69.9 cm³/mol. The average Bonchev–Trinajstić information content (AvgIpc) is 2.29. The van der Waals surface area contributed by atoms with Crippen molar-refractivity contribution in [3.63, 3.8) is 0 Å². The summed E-state index contributed by atoms with van der Waals surface area (Å²) in [5.41, 5.74) is -0.0507. The molecule has 6 nitrogen and oxygen atoms in total. The molecule has 1 amide bonds. The maximum absolute atomic E-state index is 11.6. The van der Waals surface area contributed by atoms with Crippen LogP contribution in [0.25, 0.3) is 0 Å². The summed E-state index contributed by atoms with van der Waals surface area (Å²) in [5.74, 6) is -0.290. The summed E-state index contributed by atoms with van der Waals surface area (Å²) in [5, 5.41) is 16.6. The molecule has 0 atom stereocenters. The van der Waals surface area contributed by atoms with E-state index in [1.165, 1.54) is 18.2 Å². The van der Waals surface area contributed by atoms with E-state index in [-0.39, 0.29) is 23.7 Å². The third-order valence-electron chi connectivity index (χ3n) is 2.21. The van der Waals surface area contributed by atoms with Gasteiger partial charge in [-0.05, 0) is 18.7 Å². The highest BCUT2D eigenvalue weighted by Crippen LogP contribution is 2.27. The first-order chi connectivity index (χ1) is 8.54. The van der Waals surface area contributed by atoms with Crippen LogP contribution in [-0.4, -0.2) is 23.9 Å². The van der Waals surface area contributed by atoms with Crippen LogP contribution in [0.15, 0.2) is 18.2 Å². The van der Waals surface area contributed by atoms with E-state index in [1.807, 2.05) is 6.92 Å². The zero-order valence-corrected chi connectivity index (χ0v) is 10.7. The van der Waals surface area contributed by atoms with Crippen molar-refractivity contribution >= 4 is 28.9 Å². The van der Waals surface area contributed by atoms with Gasteiger partial charge in [0.25, 0.3) is 5.69 Å². The first-order valence-electron chi connectivity index (χ1n) is 5.49. The van der Waals surface area contributed by atoms with E-state index in [9.17, 15) is 14.9 Å². The largest absolute Gasteiger partial charge is 0.320 e. The monoisotopic (exact) mass is 271 g/mol. The van der Waals surface area contributed by atoms with Crippen molar-refractivity contribution in [2.75, 3.05) is 18.4 Å². The Morgan fingerprint density at radius 2 is 2.22 bits per heavy atom. The molecule has 98 valence electrons. The van der Waals surface area contributed by atoms with E-state index in [2.05, 4.69) is 10.6 Å². The van der Waals surface area contributed by atoms with E-state index in [1.54, 1.807) is 0 Å². The van der Waals surface area contributed by atoms with E-state index < -0.39 is 4.92 Å². The molecule has 0 bridgehead atoms. The molecule has 7 heteroatoms. The summed E-state index contributed by atoms with van der Waals surface area (Å²) in [6.07, 6.45) is 0.248. The molecule has 0 saturated carbocycles. The summed E-state index contributed by atoms with van der Waals surface area (Å²) in [6.45, 7) is 3.22. The van der Waals surface area contributed by atoms with Gasteiger partial charge in [-0.25, -0.2) is 0 Å². The molecule has 0 fully saturated rings. The molecule has 18 heavy (non-hydrogen) atoms. The number of nitro benzene ring substituents is 1. The van der Waals surface area contributed by atoms with E-state index >= 15 is 0 Å². The Balaban J connectivity index is 2.73. The lowest BCUT2D eigenvalue weighted by molar-refractivity contribution is -0.383. The summed E-state index contributed by atoms with van der Waals surface area (Å²) in [6, 6.07) is 4.04. The average molecular weight is 272 g/mol. The Morgan fingerprint density at radius 3 is 2.83 bits per heavy atom. The van der Waals surface area contributed by atoms with Gasteiger partial charge in [-0.2, -0.15) is 0 Å². The van der Waals surface area contributed by atoms with Crippen LogP contribution in [0.5, 0.6) is 0 Å². The van der Waals surface area contributed by atoms with Crippen molar-refractivity contribution in [2.45, 2.75) is 13.3 Å². The van der Waals surface area contributed by atoms with Gasteiger partial charge in [0.05, 0.1) is 4.92 Å². The standard InChI is InChI=1S/C11H14ClN3O3/c1-2-13-6-5-11(16)14-9-7-8(12)3-4-10(9)15(17)18/h3-4,7,13H,2,5-6H2,1H3,(H,14,16). The Kier molecular flexibility index (Phi) is 5.54. The molecule has 0 unspecified atom stereocenters.